The van der Waals surface area contributed by atoms with Gasteiger partial charge in [0.05, 0.1) is 11.9 Å². The predicted molar refractivity (Wildman–Crippen MR) is 72.9 cm³/mol. The molecule has 1 rings (SSSR count). The second-order valence-electron chi connectivity index (χ2n) is 4.78. The van der Waals surface area contributed by atoms with Crippen molar-refractivity contribution < 1.29 is 13.2 Å². The summed E-state index contributed by atoms with van der Waals surface area (Å²) in [7, 11) is -3.26. The molecule has 1 aliphatic heterocycles. The maximum atomic E-state index is 12.4. The van der Waals surface area contributed by atoms with Crippen molar-refractivity contribution in [2.45, 2.75) is 51.7 Å². The minimum atomic E-state index is -3.26. The van der Waals surface area contributed by atoms with Gasteiger partial charge in [0.1, 0.15) is 0 Å². The van der Waals surface area contributed by atoms with Gasteiger partial charge in [-0.3, -0.25) is 0 Å². The van der Waals surface area contributed by atoms with Gasteiger partial charge >= 0.3 is 0 Å². The molecule has 1 aliphatic rings. The summed E-state index contributed by atoms with van der Waals surface area (Å²) in [6, 6.07) is 0.0555. The molecule has 0 amide bonds. The van der Waals surface area contributed by atoms with Crippen LogP contribution in [-0.2, 0) is 14.8 Å². The van der Waals surface area contributed by atoms with E-state index in [1.54, 1.807) is 4.31 Å². The lowest BCUT2D eigenvalue weighted by molar-refractivity contribution is 0.126. The molecule has 0 spiro atoms. The molecule has 0 saturated carbocycles. The Morgan fingerprint density at radius 2 is 2.06 bits per heavy atom. The van der Waals surface area contributed by atoms with Crippen LogP contribution in [0, 0.1) is 0 Å². The minimum Gasteiger partial charge on any atom is -0.377 e. The molecule has 0 aromatic heterocycles. The van der Waals surface area contributed by atoms with Gasteiger partial charge in [-0.2, -0.15) is 4.31 Å². The highest BCUT2D eigenvalue weighted by Gasteiger charge is 2.31. The highest BCUT2D eigenvalue weighted by atomic mass is 32.2. The molecule has 18 heavy (non-hydrogen) atoms. The Morgan fingerprint density at radius 1 is 1.39 bits per heavy atom. The van der Waals surface area contributed by atoms with E-state index in [-0.39, 0.29) is 17.9 Å². The lowest BCUT2D eigenvalue weighted by Crippen LogP contribution is -2.45. The molecule has 0 radical (unpaired) electrons. The molecule has 1 fully saturated rings. The number of ether oxygens (including phenoxy) is 1. The van der Waals surface area contributed by atoms with Gasteiger partial charge in [-0.1, -0.05) is 13.8 Å². The summed E-state index contributed by atoms with van der Waals surface area (Å²) in [4.78, 5) is 0. The highest BCUT2D eigenvalue weighted by Crippen LogP contribution is 2.19. The molecule has 1 saturated heterocycles. The zero-order valence-corrected chi connectivity index (χ0v) is 12.3. The van der Waals surface area contributed by atoms with Crippen LogP contribution in [-0.4, -0.2) is 50.3 Å². The summed E-state index contributed by atoms with van der Waals surface area (Å²) in [5, 5.41) is 0. The standard InChI is InChI=1S/C12H26N2O3S/c1-3-11(4-2)14(8-7-13)18(15,16)10-12-6-5-9-17-12/h11-12H,3-10,13H2,1-2H3. The molecule has 6 heteroatoms. The Morgan fingerprint density at radius 3 is 2.50 bits per heavy atom. The molecular weight excluding hydrogens is 252 g/mol. The minimum absolute atomic E-state index is 0.0555. The van der Waals surface area contributed by atoms with Crippen LogP contribution >= 0.6 is 0 Å². The van der Waals surface area contributed by atoms with Gasteiger partial charge in [0, 0.05) is 25.7 Å². The van der Waals surface area contributed by atoms with Crippen LogP contribution in [0.3, 0.4) is 0 Å². The Kier molecular flexibility index (Phi) is 6.55. The second-order valence-corrected chi connectivity index (χ2v) is 6.75. The molecule has 0 aromatic carbocycles. The Bertz CT molecular complexity index is 322. The number of sulfonamides is 1. The van der Waals surface area contributed by atoms with Crippen LogP contribution in [0.15, 0.2) is 0 Å². The summed E-state index contributed by atoms with van der Waals surface area (Å²) < 4.78 is 31.9. The van der Waals surface area contributed by atoms with Gasteiger partial charge in [0.2, 0.25) is 10.0 Å². The predicted octanol–water partition coefficient (Wildman–Crippen LogP) is 0.945. The third-order valence-electron chi connectivity index (χ3n) is 3.48. The first-order chi connectivity index (χ1) is 8.55. The first-order valence-electron chi connectivity index (χ1n) is 6.86. The van der Waals surface area contributed by atoms with Crippen molar-refractivity contribution in [3.8, 4) is 0 Å². The fourth-order valence-corrected chi connectivity index (χ4v) is 4.54. The number of hydrogen-bond donors (Lipinski definition) is 1. The van der Waals surface area contributed by atoms with Crippen LogP contribution in [0.2, 0.25) is 0 Å². The molecule has 5 nitrogen and oxygen atoms in total. The third-order valence-corrected chi connectivity index (χ3v) is 5.47. The Balaban J connectivity index is 2.74. The molecule has 1 unspecified atom stereocenters. The SMILES string of the molecule is CCC(CC)N(CCN)S(=O)(=O)CC1CCCO1. The second kappa shape index (κ2) is 7.43. The van der Waals surface area contributed by atoms with Crippen molar-refractivity contribution in [2.75, 3.05) is 25.4 Å². The smallest absolute Gasteiger partial charge is 0.216 e. The number of rotatable bonds is 8. The first-order valence-corrected chi connectivity index (χ1v) is 8.47. The summed E-state index contributed by atoms with van der Waals surface area (Å²) >= 11 is 0. The maximum Gasteiger partial charge on any atom is 0.216 e. The van der Waals surface area contributed by atoms with E-state index < -0.39 is 10.0 Å². The largest absolute Gasteiger partial charge is 0.377 e. The van der Waals surface area contributed by atoms with Crippen molar-refractivity contribution in [1.29, 1.82) is 0 Å². The lowest BCUT2D eigenvalue weighted by atomic mass is 10.2. The van der Waals surface area contributed by atoms with Gasteiger partial charge in [-0.25, -0.2) is 8.42 Å². The highest BCUT2D eigenvalue weighted by molar-refractivity contribution is 7.89. The fraction of sp³-hybridized carbons (Fsp3) is 1.00. The van der Waals surface area contributed by atoms with Gasteiger partial charge in [0.25, 0.3) is 0 Å². The average molecular weight is 278 g/mol. The van der Waals surface area contributed by atoms with E-state index >= 15 is 0 Å². The summed E-state index contributed by atoms with van der Waals surface area (Å²) in [6.45, 7) is 5.48. The number of hydrogen-bond acceptors (Lipinski definition) is 4. The molecular formula is C12H26N2O3S. The molecule has 0 bridgehead atoms. The molecule has 0 aromatic rings. The van der Waals surface area contributed by atoms with Crippen LogP contribution in [0.5, 0.6) is 0 Å². The van der Waals surface area contributed by atoms with Crippen LogP contribution in [0.25, 0.3) is 0 Å². The summed E-state index contributed by atoms with van der Waals surface area (Å²) in [5.74, 6) is 0.101. The van der Waals surface area contributed by atoms with Gasteiger partial charge in [-0.05, 0) is 25.7 Å². The van der Waals surface area contributed by atoms with E-state index in [9.17, 15) is 8.42 Å². The van der Waals surface area contributed by atoms with E-state index in [4.69, 9.17) is 10.5 Å². The quantitative estimate of drug-likeness (QED) is 0.717. The Hall–Kier alpha value is -0.170. The van der Waals surface area contributed by atoms with Crippen molar-refractivity contribution in [3.63, 3.8) is 0 Å². The molecule has 2 N–H and O–H groups in total. The number of nitrogens with two attached hydrogens (primary N) is 1. The van der Waals surface area contributed by atoms with Crippen LogP contribution < -0.4 is 5.73 Å². The number of nitrogens with zero attached hydrogens (tertiary/aromatic N) is 1. The zero-order valence-electron chi connectivity index (χ0n) is 11.5. The topological polar surface area (TPSA) is 72.6 Å². The van der Waals surface area contributed by atoms with Crippen molar-refractivity contribution >= 4 is 10.0 Å². The van der Waals surface area contributed by atoms with E-state index in [0.29, 0.717) is 19.7 Å². The summed E-state index contributed by atoms with van der Waals surface area (Å²) in [5.41, 5.74) is 5.54. The Labute approximate surface area is 111 Å². The average Bonchev–Trinajstić information content (AvgIpc) is 2.81. The van der Waals surface area contributed by atoms with Crippen LogP contribution in [0.4, 0.5) is 0 Å². The van der Waals surface area contributed by atoms with Gasteiger partial charge < -0.3 is 10.5 Å². The van der Waals surface area contributed by atoms with E-state index in [0.717, 1.165) is 25.7 Å². The van der Waals surface area contributed by atoms with Gasteiger partial charge in [-0.15, -0.1) is 0 Å². The summed E-state index contributed by atoms with van der Waals surface area (Å²) in [6.07, 6.45) is 3.31. The zero-order chi connectivity index (χ0) is 13.6. The van der Waals surface area contributed by atoms with Crippen molar-refractivity contribution in [3.05, 3.63) is 0 Å². The normalized spacial score (nSPS) is 21.1. The lowest BCUT2D eigenvalue weighted by Gasteiger charge is -2.30. The first kappa shape index (κ1) is 15.9. The van der Waals surface area contributed by atoms with E-state index in [1.807, 2.05) is 13.8 Å². The van der Waals surface area contributed by atoms with Crippen molar-refractivity contribution in [1.82, 2.24) is 4.31 Å². The fourth-order valence-electron chi connectivity index (χ4n) is 2.48. The van der Waals surface area contributed by atoms with E-state index in [2.05, 4.69) is 0 Å². The maximum absolute atomic E-state index is 12.4. The van der Waals surface area contributed by atoms with Crippen LogP contribution in [0.1, 0.15) is 39.5 Å². The van der Waals surface area contributed by atoms with E-state index in [1.165, 1.54) is 0 Å². The molecule has 0 aliphatic carbocycles. The van der Waals surface area contributed by atoms with Crippen molar-refractivity contribution in [2.24, 2.45) is 5.73 Å². The van der Waals surface area contributed by atoms with Gasteiger partial charge in [0.15, 0.2) is 0 Å². The monoisotopic (exact) mass is 278 g/mol. The molecule has 108 valence electrons. The molecule has 1 heterocycles. The third kappa shape index (κ3) is 4.19. The molecule has 1 atom stereocenters.